The molecular weight excluding hydrogens is 428 g/mol. The molecule has 7 heteroatoms. The van der Waals surface area contributed by atoms with Crippen molar-refractivity contribution in [1.29, 1.82) is 0 Å². The Balaban J connectivity index is 1.67. The van der Waals surface area contributed by atoms with Crippen LogP contribution in [0.1, 0.15) is 45.6 Å². The lowest BCUT2D eigenvalue weighted by Crippen LogP contribution is -2.43. The Morgan fingerprint density at radius 3 is 2.38 bits per heavy atom. The van der Waals surface area contributed by atoms with Crippen molar-refractivity contribution in [3.63, 3.8) is 0 Å². The van der Waals surface area contributed by atoms with Crippen LogP contribution in [-0.4, -0.2) is 34.9 Å². The highest BCUT2D eigenvalue weighted by molar-refractivity contribution is 6.06. The number of para-hydroxylation sites is 1. The number of anilines is 1. The summed E-state index contributed by atoms with van der Waals surface area (Å²) in [5.41, 5.74) is 3.56. The van der Waals surface area contributed by atoms with E-state index >= 15 is 0 Å². The van der Waals surface area contributed by atoms with E-state index in [-0.39, 0.29) is 18.0 Å². The molecule has 3 aromatic carbocycles. The third-order valence-electron chi connectivity index (χ3n) is 6.42. The Hall–Kier alpha value is -4.13. The third-order valence-corrected chi connectivity index (χ3v) is 6.42. The van der Waals surface area contributed by atoms with Gasteiger partial charge >= 0.3 is 0 Å². The second-order valence-corrected chi connectivity index (χ2v) is 8.28. The number of fused-ring (bicyclic) bond motifs is 1. The van der Waals surface area contributed by atoms with Crippen LogP contribution in [0, 0.1) is 6.92 Å². The highest BCUT2D eigenvalue weighted by atomic mass is 16.5. The van der Waals surface area contributed by atoms with Crippen LogP contribution in [-0.2, 0) is 0 Å². The van der Waals surface area contributed by atoms with Crippen molar-refractivity contribution in [3.05, 3.63) is 101 Å². The van der Waals surface area contributed by atoms with Gasteiger partial charge in [0.1, 0.15) is 17.8 Å². The molecule has 1 aliphatic rings. The molecule has 2 heterocycles. The summed E-state index contributed by atoms with van der Waals surface area (Å²) in [6, 6.07) is 23.0. The zero-order valence-corrected chi connectivity index (χ0v) is 19.4. The monoisotopic (exact) mass is 454 g/mol. The van der Waals surface area contributed by atoms with Crippen LogP contribution < -0.4 is 14.4 Å². The summed E-state index contributed by atoms with van der Waals surface area (Å²) in [4.78, 5) is 20.3. The topological polar surface area (TPSA) is 69.5 Å². The molecule has 1 aromatic heterocycles. The molecule has 0 bridgehead atoms. The number of hydrogen-bond acceptors (Lipinski definition) is 5. The Labute approximate surface area is 198 Å². The maximum atomic E-state index is 13.9. The van der Waals surface area contributed by atoms with Gasteiger partial charge in [-0.1, -0.05) is 48.5 Å². The lowest BCUT2D eigenvalue weighted by molar-refractivity contribution is 0.0962. The number of hydrogen-bond donors (Lipinski definition) is 0. The quantitative estimate of drug-likeness (QED) is 0.425. The van der Waals surface area contributed by atoms with Crippen molar-refractivity contribution in [2.24, 2.45) is 0 Å². The van der Waals surface area contributed by atoms with E-state index in [1.807, 2.05) is 84.4 Å². The molecule has 0 spiro atoms. The number of aromatic nitrogens is 3. The highest BCUT2D eigenvalue weighted by Crippen LogP contribution is 2.44. The first-order valence-electron chi connectivity index (χ1n) is 11.2. The largest absolute Gasteiger partial charge is 0.497 e. The van der Waals surface area contributed by atoms with E-state index in [1.165, 1.54) is 6.33 Å². The van der Waals surface area contributed by atoms with Crippen molar-refractivity contribution < 1.29 is 14.3 Å². The standard InChI is InChI=1S/C27H26N4O3/c1-18-8-4-5-9-21(18)26(32)30-23(19-12-14-20(33-2)15-13-19)16-24(31-27(30)28-17-29-31)22-10-6-7-11-25(22)34-3/h4-15,17,23-24H,16H2,1-3H3/t23-,24-/m0/s1. The summed E-state index contributed by atoms with van der Waals surface area (Å²) in [5.74, 6) is 1.95. The van der Waals surface area contributed by atoms with Gasteiger partial charge in [-0.2, -0.15) is 10.1 Å². The summed E-state index contributed by atoms with van der Waals surface area (Å²) in [7, 11) is 3.31. The normalized spacial score (nSPS) is 17.2. The number of ether oxygens (including phenoxy) is 2. The highest BCUT2D eigenvalue weighted by Gasteiger charge is 2.40. The summed E-state index contributed by atoms with van der Waals surface area (Å²) in [6.45, 7) is 1.95. The van der Waals surface area contributed by atoms with Crippen molar-refractivity contribution in [2.75, 3.05) is 19.1 Å². The molecule has 4 aromatic rings. The van der Waals surface area contributed by atoms with Crippen LogP contribution in [0.25, 0.3) is 0 Å². The van der Waals surface area contributed by atoms with Gasteiger partial charge in [0, 0.05) is 11.1 Å². The number of rotatable bonds is 5. The fraction of sp³-hybridized carbons (Fsp3) is 0.222. The van der Waals surface area contributed by atoms with E-state index in [0.717, 1.165) is 28.2 Å². The molecule has 7 nitrogen and oxygen atoms in total. The molecule has 0 saturated heterocycles. The molecule has 0 N–H and O–H groups in total. The molecule has 0 unspecified atom stereocenters. The minimum atomic E-state index is -0.260. The summed E-state index contributed by atoms with van der Waals surface area (Å²) in [6.07, 6.45) is 2.12. The summed E-state index contributed by atoms with van der Waals surface area (Å²) >= 11 is 0. The van der Waals surface area contributed by atoms with Crippen molar-refractivity contribution >= 4 is 11.9 Å². The van der Waals surface area contributed by atoms with Gasteiger partial charge < -0.3 is 9.47 Å². The van der Waals surface area contributed by atoms with Crippen LogP contribution >= 0.6 is 0 Å². The Bertz CT molecular complexity index is 1320. The van der Waals surface area contributed by atoms with Crippen molar-refractivity contribution in [1.82, 2.24) is 14.8 Å². The first-order chi connectivity index (χ1) is 16.6. The number of nitrogens with zero attached hydrogens (tertiary/aromatic N) is 4. The minimum absolute atomic E-state index is 0.105. The summed E-state index contributed by atoms with van der Waals surface area (Å²) < 4.78 is 12.8. The molecule has 0 radical (unpaired) electrons. The lowest BCUT2D eigenvalue weighted by Gasteiger charge is -2.39. The van der Waals surface area contributed by atoms with Gasteiger partial charge in [0.15, 0.2) is 0 Å². The molecule has 1 amide bonds. The number of aryl methyl sites for hydroxylation is 1. The first kappa shape index (κ1) is 21.7. The predicted molar refractivity (Wildman–Crippen MR) is 129 cm³/mol. The van der Waals surface area contributed by atoms with Crippen LogP contribution in [0.5, 0.6) is 11.5 Å². The molecule has 34 heavy (non-hydrogen) atoms. The number of methoxy groups -OCH3 is 2. The van der Waals surface area contributed by atoms with Gasteiger partial charge in [-0.15, -0.1) is 0 Å². The molecule has 1 aliphatic heterocycles. The van der Waals surface area contributed by atoms with Crippen molar-refractivity contribution in [2.45, 2.75) is 25.4 Å². The molecule has 2 atom stereocenters. The maximum absolute atomic E-state index is 13.9. The summed E-state index contributed by atoms with van der Waals surface area (Å²) in [5, 5.41) is 4.53. The van der Waals surface area contributed by atoms with E-state index in [4.69, 9.17) is 9.47 Å². The lowest BCUT2D eigenvalue weighted by atomic mass is 9.90. The minimum Gasteiger partial charge on any atom is -0.497 e. The van der Waals surface area contributed by atoms with E-state index in [2.05, 4.69) is 10.1 Å². The average molecular weight is 455 g/mol. The Kier molecular flexibility index (Phi) is 5.76. The van der Waals surface area contributed by atoms with Gasteiger partial charge in [0.2, 0.25) is 5.95 Å². The van der Waals surface area contributed by atoms with E-state index in [1.54, 1.807) is 19.1 Å². The SMILES string of the molecule is COc1ccc([C@@H]2C[C@@H](c3ccccc3OC)n3ncnc3N2C(=O)c2ccccc2C)cc1. The maximum Gasteiger partial charge on any atom is 0.261 e. The number of carbonyl (C=O) groups is 1. The zero-order valence-electron chi connectivity index (χ0n) is 19.4. The fourth-order valence-corrected chi connectivity index (χ4v) is 4.68. The van der Waals surface area contributed by atoms with Gasteiger partial charge in [0.05, 0.1) is 26.3 Å². The number of benzene rings is 3. The van der Waals surface area contributed by atoms with Gasteiger partial charge in [-0.05, 0) is 48.7 Å². The van der Waals surface area contributed by atoms with E-state index < -0.39 is 0 Å². The van der Waals surface area contributed by atoms with Crippen LogP contribution in [0.4, 0.5) is 5.95 Å². The second-order valence-electron chi connectivity index (χ2n) is 8.28. The van der Waals surface area contributed by atoms with Crippen LogP contribution in [0.2, 0.25) is 0 Å². The van der Waals surface area contributed by atoms with Gasteiger partial charge in [-0.25, -0.2) is 4.68 Å². The van der Waals surface area contributed by atoms with Gasteiger partial charge in [0.25, 0.3) is 5.91 Å². The zero-order chi connectivity index (χ0) is 23.7. The van der Waals surface area contributed by atoms with Crippen molar-refractivity contribution in [3.8, 4) is 11.5 Å². The Morgan fingerprint density at radius 2 is 1.65 bits per heavy atom. The first-order valence-corrected chi connectivity index (χ1v) is 11.2. The molecule has 0 aliphatic carbocycles. The van der Waals surface area contributed by atoms with E-state index in [0.29, 0.717) is 17.9 Å². The number of amides is 1. The van der Waals surface area contributed by atoms with E-state index in [9.17, 15) is 4.79 Å². The molecular formula is C27H26N4O3. The Morgan fingerprint density at radius 1 is 0.912 bits per heavy atom. The smallest absolute Gasteiger partial charge is 0.261 e. The third kappa shape index (κ3) is 3.69. The van der Waals surface area contributed by atoms with Gasteiger partial charge in [-0.3, -0.25) is 9.69 Å². The number of carbonyl (C=O) groups excluding carboxylic acids is 1. The molecule has 0 fully saturated rings. The second kappa shape index (κ2) is 9.02. The average Bonchev–Trinajstić information content (AvgIpc) is 3.37. The molecule has 0 saturated carbocycles. The molecule has 5 rings (SSSR count). The van der Waals surface area contributed by atoms with Crippen LogP contribution in [0.3, 0.4) is 0 Å². The fourth-order valence-electron chi connectivity index (χ4n) is 4.68. The van der Waals surface area contributed by atoms with Crippen LogP contribution in [0.15, 0.2) is 79.1 Å². The predicted octanol–water partition coefficient (Wildman–Crippen LogP) is 4.98. The molecule has 172 valence electrons.